The van der Waals surface area contributed by atoms with Crippen LogP contribution in [-0.4, -0.2) is 30.3 Å². The van der Waals surface area contributed by atoms with Crippen molar-refractivity contribution in [3.8, 4) is 5.75 Å². The fourth-order valence-electron chi connectivity index (χ4n) is 1.23. The number of urea groups is 1. The van der Waals surface area contributed by atoms with Crippen LogP contribution in [0, 0.1) is 0 Å². The molecular formula is C13H16N2O4. The van der Waals surface area contributed by atoms with Crippen molar-refractivity contribution in [2.75, 3.05) is 18.5 Å². The van der Waals surface area contributed by atoms with Crippen LogP contribution in [0.15, 0.2) is 36.4 Å². The lowest BCUT2D eigenvalue weighted by Gasteiger charge is -2.11. The average molecular weight is 264 g/mol. The quantitative estimate of drug-likeness (QED) is 0.684. The molecule has 2 amide bonds. The molecule has 0 aliphatic heterocycles. The van der Waals surface area contributed by atoms with Gasteiger partial charge >= 0.3 is 12.0 Å². The highest BCUT2D eigenvalue weighted by Crippen LogP contribution is 2.23. The minimum atomic E-state index is -1.08. The number of anilines is 1. The Morgan fingerprint density at radius 1 is 1.37 bits per heavy atom. The molecule has 1 aromatic rings. The largest absolute Gasteiger partial charge is 0.480 e. The molecule has 0 heterocycles. The number of ether oxygens (including phenoxy) is 1. The molecule has 102 valence electrons. The summed E-state index contributed by atoms with van der Waals surface area (Å²) in [5, 5.41) is 13.7. The SMILES string of the molecule is C=C(C)CNC(=O)Nc1ccccc1OCC(=O)O. The predicted octanol–water partition coefficient (Wildman–Crippen LogP) is 1.85. The van der Waals surface area contributed by atoms with Crippen LogP contribution >= 0.6 is 0 Å². The minimum Gasteiger partial charge on any atom is -0.480 e. The number of rotatable bonds is 6. The molecule has 0 atom stereocenters. The molecule has 3 N–H and O–H groups in total. The van der Waals surface area contributed by atoms with E-state index < -0.39 is 18.6 Å². The number of hydrogen-bond acceptors (Lipinski definition) is 3. The van der Waals surface area contributed by atoms with E-state index in [9.17, 15) is 9.59 Å². The van der Waals surface area contributed by atoms with E-state index in [0.29, 0.717) is 18.0 Å². The van der Waals surface area contributed by atoms with Gasteiger partial charge in [0.05, 0.1) is 5.69 Å². The monoisotopic (exact) mass is 264 g/mol. The molecule has 0 aromatic heterocycles. The van der Waals surface area contributed by atoms with Crippen LogP contribution in [0.25, 0.3) is 0 Å². The van der Waals surface area contributed by atoms with Crippen molar-refractivity contribution in [3.05, 3.63) is 36.4 Å². The number of amides is 2. The van der Waals surface area contributed by atoms with Gasteiger partial charge in [0.1, 0.15) is 5.75 Å². The lowest BCUT2D eigenvalue weighted by Crippen LogP contribution is -2.30. The van der Waals surface area contributed by atoms with Crippen molar-refractivity contribution in [2.24, 2.45) is 0 Å². The van der Waals surface area contributed by atoms with E-state index in [1.807, 2.05) is 0 Å². The van der Waals surface area contributed by atoms with Crippen molar-refractivity contribution >= 4 is 17.7 Å². The highest BCUT2D eigenvalue weighted by atomic mass is 16.5. The van der Waals surface area contributed by atoms with Crippen LogP contribution in [0.1, 0.15) is 6.92 Å². The maximum Gasteiger partial charge on any atom is 0.341 e. The van der Waals surface area contributed by atoms with Gasteiger partial charge in [0.25, 0.3) is 0 Å². The first-order valence-corrected chi connectivity index (χ1v) is 5.62. The van der Waals surface area contributed by atoms with Crippen molar-refractivity contribution in [2.45, 2.75) is 6.92 Å². The lowest BCUT2D eigenvalue weighted by atomic mass is 10.3. The number of carbonyl (C=O) groups excluding carboxylic acids is 1. The van der Waals surface area contributed by atoms with E-state index in [1.54, 1.807) is 31.2 Å². The molecule has 0 unspecified atom stereocenters. The number of hydrogen-bond donors (Lipinski definition) is 3. The topological polar surface area (TPSA) is 87.7 Å². The van der Waals surface area contributed by atoms with Gasteiger partial charge in [-0.05, 0) is 19.1 Å². The van der Waals surface area contributed by atoms with Crippen molar-refractivity contribution in [1.82, 2.24) is 5.32 Å². The van der Waals surface area contributed by atoms with Crippen molar-refractivity contribution < 1.29 is 19.4 Å². The summed E-state index contributed by atoms with van der Waals surface area (Å²) in [5.41, 5.74) is 1.23. The van der Waals surface area contributed by atoms with E-state index >= 15 is 0 Å². The molecule has 6 heteroatoms. The molecule has 0 radical (unpaired) electrons. The number of aliphatic carboxylic acids is 1. The second-order valence-electron chi connectivity index (χ2n) is 3.94. The smallest absolute Gasteiger partial charge is 0.341 e. The second kappa shape index (κ2) is 7.05. The summed E-state index contributed by atoms with van der Waals surface area (Å²) in [5.74, 6) is -0.781. The fraction of sp³-hybridized carbons (Fsp3) is 0.231. The first-order valence-electron chi connectivity index (χ1n) is 5.62. The Labute approximate surface area is 111 Å². The standard InChI is InChI=1S/C13H16N2O4/c1-9(2)7-14-13(18)15-10-5-3-4-6-11(10)19-8-12(16)17/h3-6H,1,7-8H2,2H3,(H,16,17)(H2,14,15,18). The van der Waals surface area contributed by atoms with Gasteiger partial charge in [0.2, 0.25) is 0 Å². The van der Waals surface area contributed by atoms with Crippen LogP contribution in [0.2, 0.25) is 0 Å². The van der Waals surface area contributed by atoms with Crippen molar-refractivity contribution in [1.29, 1.82) is 0 Å². The van der Waals surface area contributed by atoms with Gasteiger partial charge in [-0.1, -0.05) is 24.3 Å². The normalized spacial score (nSPS) is 9.53. The van der Waals surface area contributed by atoms with Gasteiger partial charge in [0.15, 0.2) is 6.61 Å². The lowest BCUT2D eigenvalue weighted by molar-refractivity contribution is -0.139. The first kappa shape index (κ1) is 14.6. The molecule has 19 heavy (non-hydrogen) atoms. The molecule has 1 rings (SSSR count). The molecule has 0 aliphatic rings. The molecule has 0 saturated heterocycles. The molecule has 6 nitrogen and oxygen atoms in total. The summed E-state index contributed by atoms with van der Waals surface area (Å²) >= 11 is 0. The van der Waals surface area contributed by atoms with E-state index in [4.69, 9.17) is 9.84 Å². The van der Waals surface area contributed by atoms with Gasteiger partial charge in [-0.2, -0.15) is 0 Å². The third-order valence-corrected chi connectivity index (χ3v) is 2.04. The minimum absolute atomic E-state index is 0.301. The van der Waals surface area contributed by atoms with Gasteiger partial charge in [-0.3, -0.25) is 0 Å². The molecular weight excluding hydrogens is 248 g/mol. The number of carboxylic acid groups (broad SMARTS) is 1. The van der Waals surface area contributed by atoms with Gasteiger partial charge in [-0.25, -0.2) is 9.59 Å². The van der Waals surface area contributed by atoms with E-state index in [-0.39, 0.29) is 0 Å². The van der Waals surface area contributed by atoms with E-state index in [1.165, 1.54) is 0 Å². The Hall–Kier alpha value is -2.50. The van der Waals surface area contributed by atoms with Crippen LogP contribution < -0.4 is 15.4 Å². The predicted molar refractivity (Wildman–Crippen MR) is 71.4 cm³/mol. The Kier molecular flexibility index (Phi) is 5.40. The summed E-state index contributed by atoms with van der Waals surface area (Å²) in [6, 6.07) is 6.19. The number of para-hydroxylation sites is 2. The summed E-state index contributed by atoms with van der Waals surface area (Å²) in [6.45, 7) is 5.36. The third kappa shape index (κ3) is 5.58. The summed E-state index contributed by atoms with van der Waals surface area (Å²) in [4.78, 5) is 22.0. The zero-order valence-corrected chi connectivity index (χ0v) is 10.6. The van der Waals surface area contributed by atoms with Crippen LogP contribution in [0.4, 0.5) is 10.5 Å². The van der Waals surface area contributed by atoms with Gasteiger partial charge < -0.3 is 20.5 Å². The number of nitrogens with one attached hydrogen (secondary N) is 2. The third-order valence-electron chi connectivity index (χ3n) is 2.04. The van der Waals surface area contributed by atoms with Gasteiger partial charge in [0, 0.05) is 6.54 Å². The Morgan fingerprint density at radius 3 is 2.68 bits per heavy atom. The Morgan fingerprint density at radius 2 is 2.05 bits per heavy atom. The number of carboxylic acids is 1. The number of carbonyl (C=O) groups is 2. The molecule has 0 spiro atoms. The summed E-state index contributed by atoms with van der Waals surface area (Å²) in [7, 11) is 0. The van der Waals surface area contributed by atoms with E-state index in [2.05, 4.69) is 17.2 Å². The van der Waals surface area contributed by atoms with Gasteiger partial charge in [-0.15, -0.1) is 0 Å². The zero-order valence-electron chi connectivity index (χ0n) is 10.6. The average Bonchev–Trinajstić information content (AvgIpc) is 2.35. The maximum absolute atomic E-state index is 11.6. The highest BCUT2D eigenvalue weighted by molar-refractivity contribution is 5.91. The van der Waals surface area contributed by atoms with Crippen LogP contribution in [-0.2, 0) is 4.79 Å². The molecule has 0 aliphatic carbocycles. The highest BCUT2D eigenvalue weighted by Gasteiger charge is 2.08. The molecule has 0 saturated carbocycles. The molecule has 0 bridgehead atoms. The van der Waals surface area contributed by atoms with Crippen LogP contribution in [0.3, 0.4) is 0 Å². The van der Waals surface area contributed by atoms with Crippen molar-refractivity contribution in [3.63, 3.8) is 0 Å². The second-order valence-corrected chi connectivity index (χ2v) is 3.94. The summed E-state index contributed by atoms with van der Waals surface area (Å²) < 4.78 is 5.07. The number of benzene rings is 1. The van der Waals surface area contributed by atoms with Crippen LogP contribution in [0.5, 0.6) is 5.75 Å². The molecule has 0 fully saturated rings. The molecule has 1 aromatic carbocycles. The van der Waals surface area contributed by atoms with E-state index in [0.717, 1.165) is 5.57 Å². The maximum atomic E-state index is 11.6. The summed E-state index contributed by atoms with van der Waals surface area (Å²) in [6.07, 6.45) is 0. The fourth-order valence-corrected chi connectivity index (χ4v) is 1.23. The first-order chi connectivity index (χ1) is 8.99. The Balaban J connectivity index is 2.64. The zero-order chi connectivity index (χ0) is 14.3. The Bertz CT molecular complexity index is 485.